The first-order valence-corrected chi connectivity index (χ1v) is 11.5. The lowest BCUT2D eigenvalue weighted by Gasteiger charge is -2.35. The van der Waals surface area contributed by atoms with E-state index in [0.717, 1.165) is 80.1 Å². The summed E-state index contributed by atoms with van der Waals surface area (Å²) in [5.74, 6) is 0.969. The molecule has 2 fully saturated rings. The van der Waals surface area contributed by atoms with E-state index in [0.29, 0.717) is 0 Å². The molecule has 0 radical (unpaired) electrons. The van der Waals surface area contributed by atoms with Gasteiger partial charge in [-0.2, -0.15) is 0 Å². The van der Waals surface area contributed by atoms with E-state index >= 15 is 0 Å². The fraction of sp³-hybridized carbons (Fsp3) is 0.625. The molecule has 0 bridgehead atoms. The van der Waals surface area contributed by atoms with Gasteiger partial charge in [-0.15, -0.1) is 0 Å². The van der Waals surface area contributed by atoms with E-state index in [1.807, 2.05) is 17.0 Å². The Bertz CT molecular complexity index is 877. The number of methoxy groups -OCH3 is 1. The fourth-order valence-electron chi connectivity index (χ4n) is 4.99. The zero-order chi connectivity index (χ0) is 21.1. The van der Waals surface area contributed by atoms with Crippen LogP contribution in [0.1, 0.15) is 42.2 Å². The monoisotopic (exact) mass is 412 g/mol. The molecule has 0 spiro atoms. The summed E-state index contributed by atoms with van der Waals surface area (Å²) in [4.78, 5) is 20.7. The van der Waals surface area contributed by atoms with E-state index in [1.54, 1.807) is 7.11 Å². The summed E-state index contributed by atoms with van der Waals surface area (Å²) < 4.78 is 7.74. The third-order valence-corrected chi connectivity index (χ3v) is 6.78. The molecule has 6 heteroatoms. The lowest BCUT2D eigenvalue weighted by atomic mass is 10.1. The number of hydrogen-bond donors (Lipinski definition) is 0. The van der Waals surface area contributed by atoms with Gasteiger partial charge in [0.1, 0.15) is 5.75 Å². The zero-order valence-corrected chi connectivity index (χ0v) is 18.8. The average Bonchev–Trinajstić information content (AvgIpc) is 3.38. The van der Waals surface area contributed by atoms with Crippen molar-refractivity contribution in [3.8, 4) is 5.75 Å². The summed E-state index contributed by atoms with van der Waals surface area (Å²) in [5.41, 5.74) is 3.05. The molecule has 0 saturated carbocycles. The number of amides is 1. The molecule has 0 N–H and O–H groups in total. The van der Waals surface area contributed by atoms with Crippen molar-refractivity contribution in [3.05, 3.63) is 29.5 Å². The van der Waals surface area contributed by atoms with E-state index in [9.17, 15) is 4.79 Å². The maximum absolute atomic E-state index is 13.6. The molecule has 2 saturated heterocycles. The Labute approximate surface area is 180 Å². The van der Waals surface area contributed by atoms with Crippen molar-refractivity contribution in [2.24, 2.45) is 0 Å². The molecule has 2 aliphatic heterocycles. The van der Waals surface area contributed by atoms with Gasteiger partial charge in [-0.05, 0) is 57.5 Å². The van der Waals surface area contributed by atoms with Crippen molar-refractivity contribution >= 4 is 16.8 Å². The number of piperazine rings is 1. The maximum atomic E-state index is 13.6. The van der Waals surface area contributed by atoms with Gasteiger partial charge in [0, 0.05) is 62.4 Å². The Morgan fingerprint density at radius 2 is 1.63 bits per heavy atom. The van der Waals surface area contributed by atoms with E-state index in [-0.39, 0.29) is 5.91 Å². The number of likely N-dealkylation sites (tertiary alicyclic amines) is 1. The second kappa shape index (κ2) is 9.40. The van der Waals surface area contributed by atoms with Crippen molar-refractivity contribution in [1.82, 2.24) is 19.3 Å². The lowest BCUT2D eigenvalue weighted by Crippen LogP contribution is -2.50. The molecule has 1 aromatic carbocycles. The normalized spacial score (nSPS) is 18.4. The van der Waals surface area contributed by atoms with Gasteiger partial charge in [-0.1, -0.05) is 6.92 Å². The predicted molar refractivity (Wildman–Crippen MR) is 122 cm³/mol. The number of carbonyl (C=O) groups is 1. The van der Waals surface area contributed by atoms with Gasteiger partial charge >= 0.3 is 0 Å². The van der Waals surface area contributed by atoms with Crippen LogP contribution < -0.4 is 4.74 Å². The van der Waals surface area contributed by atoms with Crippen LogP contribution in [-0.4, -0.2) is 84.6 Å². The maximum Gasteiger partial charge on any atom is 0.256 e. The first-order chi connectivity index (χ1) is 14.6. The number of aromatic nitrogens is 1. The molecule has 2 aromatic rings. The summed E-state index contributed by atoms with van der Waals surface area (Å²) in [6, 6.07) is 6.10. The van der Waals surface area contributed by atoms with Crippen LogP contribution in [0.25, 0.3) is 10.9 Å². The van der Waals surface area contributed by atoms with Crippen molar-refractivity contribution < 1.29 is 9.53 Å². The second-order valence-electron chi connectivity index (χ2n) is 8.68. The summed E-state index contributed by atoms with van der Waals surface area (Å²) in [6.45, 7) is 13.5. The summed E-state index contributed by atoms with van der Waals surface area (Å²) in [6.07, 6.45) is 3.73. The van der Waals surface area contributed by atoms with Crippen LogP contribution in [0.2, 0.25) is 0 Å². The third kappa shape index (κ3) is 4.21. The Morgan fingerprint density at radius 3 is 2.27 bits per heavy atom. The van der Waals surface area contributed by atoms with Crippen LogP contribution in [-0.2, 0) is 6.54 Å². The van der Waals surface area contributed by atoms with E-state index < -0.39 is 0 Å². The number of aryl methyl sites for hydroxylation is 1. The zero-order valence-electron chi connectivity index (χ0n) is 18.8. The Kier molecular flexibility index (Phi) is 6.64. The van der Waals surface area contributed by atoms with Crippen molar-refractivity contribution in [1.29, 1.82) is 0 Å². The van der Waals surface area contributed by atoms with Crippen molar-refractivity contribution in [2.75, 3.05) is 59.5 Å². The van der Waals surface area contributed by atoms with Crippen LogP contribution in [0.5, 0.6) is 5.75 Å². The molecule has 0 atom stereocenters. The molecule has 6 nitrogen and oxygen atoms in total. The Hall–Kier alpha value is -2.05. The highest BCUT2D eigenvalue weighted by Crippen LogP contribution is 2.31. The molecule has 30 heavy (non-hydrogen) atoms. The van der Waals surface area contributed by atoms with Crippen LogP contribution >= 0.6 is 0 Å². The minimum atomic E-state index is 0.166. The highest BCUT2D eigenvalue weighted by molar-refractivity contribution is 6.08. The molecular formula is C24H36N4O2. The van der Waals surface area contributed by atoms with Crippen LogP contribution in [0.3, 0.4) is 0 Å². The number of benzene rings is 1. The van der Waals surface area contributed by atoms with Gasteiger partial charge in [0.25, 0.3) is 5.91 Å². The fourth-order valence-corrected chi connectivity index (χ4v) is 4.99. The Balaban J connectivity index is 1.48. The predicted octanol–water partition coefficient (Wildman–Crippen LogP) is 3.22. The van der Waals surface area contributed by atoms with Crippen LogP contribution in [0, 0.1) is 6.92 Å². The van der Waals surface area contributed by atoms with Gasteiger partial charge in [0.15, 0.2) is 0 Å². The summed E-state index contributed by atoms with van der Waals surface area (Å²) >= 11 is 0. The standard InChI is InChI=1S/C24H36N4O2/c1-4-9-28-19(2)23(21-18-20(30-3)7-8-22(21)28)24(29)27-16-14-26(15-17-27)13-12-25-10-5-6-11-25/h7-8,18H,4-6,9-17H2,1-3H3. The number of hydrogen-bond acceptors (Lipinski definition) is 4. The molecule has 164 valence electrons. The van der Waals surface area contributed by atoms with E-state index in [1.165, 1.54) is 25.9 Å². The highest BCUT2D eigenvalue weighted by Gasteiger charge is 2.27. The second-order valence-corrected chi connectivity index (χ2v) is 8.68. The highest BCUT2D eigenvalue weighted by atomic mass is 16.5. The average molecular weight is 413 g/mol. The molecular weight excluding hydrogens is 376 g/mol. The van der Waals surface area contributed by atoms with E-state index in [4.69, 9.17) is 4.74 Å². The minimum absolute atomic E-state index is 0.166. The van der Waals surface area contributed by atoms with Crippen LogP contribution in [0.4, 0.5) is 0 Å². The summed E-state index contributed by atoms with van der Waals surface area (Å²) in [5, 5.41) is 1.02. The first kappa shape index (κ1) is 21.2. The largest absolute Gasteiger partial charge is 0.497 e. The van der Waals surface area contributed by atoms with Crippen LogP contribution in [0.15, 0.2) is 18.2 Å². The van der Waals surface area contributed by atoms with Gasteiger partial charge in [-0.25, -0.2) is 0 Å². The molecule has 0 aliphatic carbocycles. The van der Waals surface area contributed by atoms with Gasteiger partial charge < -0.3 is 19.1 Å². The third-order valence-electron chi connectivity index (χ3n) is 6.78. The number of nitrogens with zero attached hydrogens (tertiary/aromatic N) is 4. The molecule has 0 unspecified atom stereocenters. The van der Waals surface area contributed by atoms with Crippen molar-refractivity contribution in [2.45, 2.75) is 39.7 Å². The van der Waals surface area contributed by atoms with Gasteiger partial charge in [-0.3, -0.25) is 9.69 Å². The number of rotatable bonds is 7. The van der Waals surface area contributed by atoms with Crippen molar-refractivity contribution in [3.63, 3.8) is 0 Å². The number of carbonyl (C=O) groups excluding carboxylic acids is 1. The number of ether oxygens (including phenoxy) is 1. The Morgan fingerprint density at radius 1 is 0.967 bits per heavy atom. The summed E-state index contributed by atoms with van der Waals surface area (Å²) in [7, 11) is 1.68. The van der Waals surface area contributed by atoms with E-state index in [2.05, 4.69) is 34.3 Å². The van der Waals surface area contributed by atoms with Gasteiger partial charge in [0.05, 0.1) is 12.7 Å². The molecule has 2 aliphatic rings. The smallest absolute Gasteiger partial charge is 0.256 e. The molecule has 1 amide bonds. The molecule has 3 heterocycles. The molecule has 4 rings (SSSR count). The quantitative estimate of drug-likeness (QED) is 0.700. The minimum Gasteiger partial charge on any atom is -0.497 e. The topological polar surface area (TPSA) is 41.0 Å². The van der Waals surface area contributed by atoms with Gasteiger partial charge in [0.2, 0.25) is 0 Å². The molecule has 1 aromatic heterocycles. The SMILES string of the molecule is CCCn1c(C)c(C(=O)N2CCN(CCN3CCCC3)CC2)c2cc(OC)ccc21. The first-order valence-electron chi connectivity index (χ1n) is 11.5. The number of fused-ring (bicyclic) bond motifs is 1. The lowest BCUT2D eigenvalue weighted by molar-refractivity contribution is 0.0627.